The molecule has 6 rings (SSSR count). The Labute approximate surface area is 277 Å². The number of nitrogens with zero attached hydrogens (tertiary/aromatic N) is 5. The lowest BCUT2D eigenvalue weighted by Crippen LogP contribution is -2.51. The average Bonchev–Trinajstić information content (AvgIpc) is 3.40. The number of aliphatic imine (C=N–C) groups is 1. The van der Waals surface area contributed by atoms with E-state index in [4.69, 9.17) is 19.5 Å². The van der Waals surface area contributed by atoms with Crippen molar-refractivity contribution in [3.8, 4) is 16.9 Å². The quantitative estimate of drug-likeness (QED) is 0.277. The minimum atomic E-state index is -0.951. The van der Waals surface area contributed by atoms with Gasteiger partial charge in [-0.05, 0) is 92.8 Å². The molecule has 0 saturated carbocycles. The standard InChI is InChI=1S/C37H48FN5O4/c1-6-9-33(43-15-13-42(14-16-43)25-11-18-46-19-12-25)40-31(7-2)32-21-29-35(28(22-34(44)45)24(4)39-37(29)41(32)5)27-20-30(38)36-26(23(27)3)10-8-17-47-36/h9,20-21,25H,6-8,10-19,22H2,1-5H3,(H,44,45)/b33-9-,40-31+. The van der Waals surface area contributed by atoms with Crippen molar-refractivity contribution >= 4 is 22.7 Å². The zero-order valence-electron chi connectivity index (χ0n) is 28.5. The molecule has 9 nitrogen and oxygen atoms in total. The van der Waals surface area contributed by atoms with Crippen LogP contribution in [-0.4, -0.2) is 88.2 Å². The molecule has 2 saturated heterocycles. The van der Waals surface area contributed by atoms with Crippen molar-refractivity contribution in [3.05, 3.63) is 57.9 Å². The number of allylic oxidation sites excluding steroid dienone is 1. The van der Waals surface area contributed by atoms with Crippen LogP contribution < -0.4 is 4.74 Å². The first kappa shape index (κ1) is 33.2. The van der Waals surface area contributed by atoms with Crippen LogP contribution in [0, 0.1) is 19.7 Å². The van der Waals surface area contributed by atoms with Crippen LogP contribution >= 0.6 is 0 Å². The maximum Gasteiger partial charge on any atom is 0.307 e. The first-order valence-corrected chi connectivity index (χ1v) is 17.2. The van der Waals surface area contributed by atoms with Crippen molar-refractivity contribution < 1.29 is 23.8 Å². The summed E-state index contributed by atoms with van der Waals surface area (Å²) in [4.78, 5) is 27.4. The number of aliphatic carboxylic acids is 1. The largest absolute Gasteiger partial charge is 0.490 e. The molecule has 10 heteroatoms. The monoisotopic (exact) mass is 645 g/mol. The van der Waals surface area contributed by atoms with E-state index in [1.807, 2.05) is 20.9 Å². The molecule has 0 amide bonds. The molecule has 0 spiro atoms. The fraction of sp³-hybridized carbons (Fsp3) is 0.541. The van der Waals surface area contributed by atoms with Gasteiger partial charge in [-0.2, -0.15) is 0 Å². The van der Waals surface area contributed by atoms with E-state index in [0.29, 0.717) is 41.6 Å². The van der Waals surface area contributed by atoms with Crippen molar-refractivity contribution in [2.45, 2.75) is 78.7 Å². The van der Waals surface area contributed by atoms with E-state index in [0.717, 1.165) is 116 Å². The van der Waals surface area contributed by atoms with Gasteiger partial charge in [0.2, 0.25) is 0 Å². The van der Waals surface area contributed by atoms with E-state index in [9.17, 15) is 9.90 Å². The molecule has 3 aromatic rings. The number of carboxylic acid groups (broad SMARTS) is 1. The van der Waals surface area contributed by atoms with Crippen molar-refractivity contribution in [1.82, 2.24) is 19.4 Å². The number of ether oxygens (including phenoxy) is 2. The van der Waals surface area contributed by atoms with Crippen LogP contribution in [0.25, 0.3) is 22.2 Å². The second kappa shape index (κ2) is 14.2. The lowest BCUT2D eigenvalue weighted by atomic mass is 9.87. The highest BCUT2D eigenvalue weighted by Gasteiger charge is 2.28. The smallest absolute Gasteiger partial charge is 0.307 e. The number of hydrogen-bond donors (Lipinski definition) is 1. The number of carbonyl (C=O) groups is 1. The van der Waals surface area contributed by atoms with Crippen LogP contribution in [0.15, 0.2) is 29.0 Å². The lowest BCUT2D eigenvalue weighted by Gasteiger charge is -2.41. The SMILES string of the molecule is CC/C=C(/N=C(\CC)c1cc2c(-c3cc(F)c4c(c3C)CCCO4)c(CC(=O)O)c(C)nc2n1C)N1CCN(C2CCOCC2)CC1. The fourth-order valence-corrected chi connectivity index (χ4v) is 7.60. The topological polar surface area (TPSA) is 92.4 Å². The molecule has 2 fully saturated rings. The van der Waals surface area contributed by atoms with Crippen LogP contribution in [0.3, 0.4) is 0 Å². The average molecular weight is 646 g/mol. The number of benzene rings is 1. The van der Waals surface area contributed by atoms with Crippen LogP contribution in [0.4, 0.5) is 4.39 Å². The molecule has 0 radical (unpaired) electrons. The molecular weight excluding hydrogens is 597 g/mol. The molecule has 5 heterocycles. The highest BCUT2D eigenvalue weighted by molar-refractivity contribution is 6.07. The molecule has 1 N–H and O–H groups in total. The molecule has 3 aliphatic rings. The Morgan fingerprint density at radius 1 is 1.13 bits per heavy atom. The third-order valence-electron chi connectivity index (χ3n) is 10.1. The fourth-order valence-electron chi connectivity index (χ4n) is 7.60. The summed E-state index contributed by atoms with van der Waals surface area (Å²) in [6.45, 7) is 14.2. The van der Waals surface area contributed by atoms with Gasteiger partial charge >= 0.3 is 5.97 Å². The summed E-state index contributed by atoms with van der Waals surface area (Å²) in [7, 11) is 1.99. The second-order valence-corrected chi connectivity index (χ2v) is 13.0. The van der Waals surface area contributed by atoms with E-state index >= 15 is 4.39 Å². The van der Waals surface area contributed by atoms with E-state index in [-0.39, 0.29) is 6.42 Å². The Balaban J connectivity index is 1.43. The lowest BCUT2D eigenvalue weighted by molar-refractivity contribution is -0.136. The van der Waals surface area contributed by atoms with E-state index in [1.165, 1.54) is 6.07 Å². The van der Waals surface area contributed by atoms with Crippen LogP contribution in [0.2, 0.25) is 0 Å². The Kier molecular flexibility index (Phi) is 9.98. The second-order valence-electron chi connectivity index (χ2n) is 13.0. The normalized spacial score (nSPS) is 18.5. The van der Waals surface area contributed by atoms with Gasteiger partial charge < -0.3 is 24.0 Å². The van der Waals surface area contributed by atoms with Crippen LogP contribution in [0.5, 0.6) is 5.75 Å². The minimum Gasteiger partial charge on any atom is -0.490 e. The van der Waals surface area contributed by atoms with Crippen molar-refractivity contribution in [1.29, 1.82) is 0 Å². The van der Waals surface area contributed by atoms with Crippen molar-refractivity contribution in [3.63, 3.8) is 0 Å². The summed E-state index contributed by atoms with van der Waals surface area (Å²) in [5.41, 5.74) is 7.00. The van der Waals surface area contributed by atoms with Gasteiger partial charge in [0, 0.05) is 69.1 Å². The van der Waals surface area contributed by atoms with Gasteiger partial charge in [0.25, 0.3) is 0 Å². The number of hydrogen-bond acceptors (Lipinski definition) is 7. The summed E-state index contributed by atoms with van der Waals surface area (Å²) < 4.78 is 29.0. The van der Waals surface area contributed by atoms with Crippen molar-refractivity contribution in [2.75, 3.05) is 46.0 Å². The predicted octanol–water partition coefficient (Wildman–Crippen LogP) is 6.20. The van der Waals surface area contributed by atoms with E-state index in [1.54, 1.807) is 0 Å². The number of piperazine rings is 1. The summed E-state index contributed by atoms with van der Waals surface area (Å²) in [6.07, 6.45) is 7.32. The van der Waals surface area contributed by atoms with Gasteiger partial charge in [0.15, 0.2) is 11.6 Å². The first-order valence-electron chi connectivity index (χ1n) is 17.2. The summed E-state index contributed by atoms with van der Waals surface area (Å²) in [5.74, 6) is -0.0578. The number of fused-ring (bicyclic) bond motifs is 2. The number of pyridine rings is 1. The molecule has 47 heavy (non-hydrogen) atoms. The predicted molar refractivity (Wildman–Crippen MR) is 183 cm³/mol. The van der Waals surface area contributed by atoms with Gasteiger partial charge in [-0.1, -0.05) is 13.8 Å². The Bertz CT molecular complexity index is 1710. The third-order valence-corrected chi connectivity index (χ3v) is 10.1. The Morgan fingerprint density at radius 3 is 2.55 bits per heavy atom. The molecular formula is C37H48FN5O4. The zero-order chi connectivity index (χ0) is 33.2. The van der Waals surface area contributed by atoms with Crippen molar-refractivity contribution in [2.24, 2.45) is 12.0 Å². The number of aryl methyl sites for hydroxylation is 2. The molecule has 0 bridgehead atoms. The molecule has 252 valence electrons. The van der Waals surface area contributed by atoms with E-state index < -0.39 is 11.8 Å². The van der Waals surface area contributed by atoms with Gasteiger partial charge in [-0.25, -0.2) is 14.4 Å². The Morgan fingerprint density at radius 2 is 1.87 bits per heavy atom. The summed E-state index contributed by atoms with van der Waals surface area (Å²) in [6, 6.07) is 4.19. The van der Waals surface area contributed by atoms with Crippen LogP contribution in [0.1, 0.15) is 74.0 Å². The molecule has 0 atom stereocenters. The minimum absolute atomic E-state index is 0.207. The maximum absolute atomic E-state index is 15.6. The maximum atomic E-state index is 15.6. The first-order chi connectivity index (χ1) is 22.7. The molecule has 0 aliphatic carbocycles. The van der Waals surface area contributed by atoms with Gasteiger partial charge in [-0.3, -0.25) is 9.69 Å². The summed E-state index contributed by atoms with van der Waals surface area (Å²) >= 11 is 0. The highest BCUT2D eigenvalue weighted by atomic mass is 19.1. The van der Waals surface area contributed by atoms with Crippen LogP contribution in [-0.2, 0) is 29.4 Å². The molecule has 3 aliphatic heterocycles. The zero-order valence-corrected chi connectivity index (χ0v) is 28.5. The van der Waals surface area contributed by atoms with Gasteiger partial charge in [0.05, 0.1) is 24.4 Å². The molecule has 0 unspecified atom stereocenters. The number of aromatic nitrogens is 2. The molecule has 2 aromatic heterocycles. The van der Waals surface area contributed by atoms with E-state index in [2.05, 4.69) is 40.4 Å². The number of rotatable bonds is 9. The number of halogens is 1. The molecule has 1 aromatic carbocycles. The Hall–Kier alpha value is -3.76. The number of carboxylic acids is 1. The summed E-state index contributed by atoms with van der Waals surface area (Å²) in [5, 5.41) is 10.7. The van der Waals surface area contributed by atoms with Gasteiger partial charge in [-0.15, -0.1) is 0 Å². The third kappa shape index (κ3) is 6.54. The van der Waals surface area contributed by atoms with Gasteiger partial charge in [0.1, 0.15) is 11.5 Å². The highest BCUT2D eigenvalue weighted by Crippen LogP contribution is 2.42.